The van der Waals surface area contributed by atoms with Gasteiger partial charge in [0.05, 0.1) is 12.5 Å². The minimum atomic E-state index is -0.836. The number of hydrogen-bond donors (Lipinski definition) is 1. The molecule has 6 heteroatoms. The highest BCUT2D eigenvalue weighted by Gasteiger charge is 2.29. The van der Waals surface area contributed by atoms with Gasteiger partial charge >= 0.3 is 11.9 Å². The molecule has 0 aliphatic rings. The minimum absolute atomic E-state index is 0.0240. The summed E-state index contributed by atoms with van der Waals surface area (Å²) >= 11 is 0. The third-order valence-electron chi connectivity index (χ3n) is 4.44. The van der Waals surface area contributed by atoms with Gasteiger partial charge in [-0.25, -0.2) is 4.79 Å². The molecule has 158 valence electrons. The number of benzene rings is 2. The van der Waals surface area contributed by atoms with Gasteiger partial charge in [-0.15, -0.1) is 0 Å². The third kappa shape index (κ3) is 6.58. The molecule has 2 rings (SSSR count). The van der Waals surface area contributed by atoms with Gasteiger partial charge in [-0.05, 0) is 31.9 Å². The van der Waals surface area contributed by atoms with Crippen LogP contribution in [-0.2, 0) is 37.0 Å². The van der Waals surface area contributed by atoms with Crippen LogP contribution < -0.4 is 5.32 Å². The molecule has 0 heterocycles. The molecule has 0 bridgehead atoms. The van der Waals surface area contributed by atoms with Crippen molar-refractivity contribution in [3.05, 3.63) is 83.1 Å². The number of esters is 2. The summed E-state index contributed by atoms with van der Waals surface area (Å²) in [6, 6.07) is 18.6. The van der Waals surface area contributed by atoms with Crippen molar-refractivity contribution >= 4 is 17.7 Å². The number of carbonyl (C=O) groups excluding carboxylic acids is 3. The van der Waals surface area contributed by atoms with Crippen LogP contribution in [0.5, 0.6) is 0 Å². The maximum atomic E-state index is 12.8. The lowest BCUT2D eigenvalue weighted by Crippen LogP contribution is -2.31. The second-order valence-corrected chi connectivity index (χ2v) is 6.72. The molecule has 6 nitrogen and oxygen atoms in total. The van der Waals surface area contributed by atoms with Crippen LogP contribution in [-0.4, -0.2) is 24.3 Å². The van der Waals surface area contributed by atoms with E-state index in [0.29, 0.717) is 6.54 Å². The Bertz CT molecular complexity index is 890. The van der Waals surface area contributed by atoms with Crippen molar-refractivity contribution in [1.82, 2.24) is 5.32 Å². The van der Waals surface area contributed by atoms with E-state index < -0.39 is 23.6 Å². The van der Waals surface area contributed by atoms with Crippen molar-refractivity contribution in [1.29, 1.82) is 0 Å². The predicted octanol–water partition coefficient (Wildman–Crippen LogP) is 3.56. The molecule has 0 fully saturated rings. The Labute approximate surface area is 176 Å². The summed E-state index contributed by atoms with van der Waals surface area (Å²) < 4.78 is 10.5. The molecule has 1 N–H and O–H groups in total. The van der Waals surface area contributed by atoms with Crippen LogP contribution in [0.2, 0.25) is 0 Å². The lowest BCUT2D eigenvalue weighted by Gasteiger charge is -2.20. The summed E-state index contributed by atoms with van der Waals surface area (Å²) in [5, 5.41) is 3.09. The average molecular weight is 409 g/mol. The van der Waals surface area contributed by atoms with Gasteiger partial charge in [0, 0.05) is 12.2 Å². The van der Waals surface area contributed by atoms with Crippen LogP contribution in [0, 0.1) is 5.92 Å². The van der Waals surface area contributed by atoms with Gasteiger partial charge in [-0.3, -0.25) is 9.59 Å². The van der Waals surface area contributed by atoms with Gasteiger partial charge < -0.3 is 14.8 Å². The van der Waals surface area contributed by atoms with E-state index in [1.807, 2.05) is 60.7 Å². The van der Waals surface area contributed by atoms with Gasteiger partial charge in [0.25, 0.3) is 0 Å². The zero-order valence-corrected chi connectivity index (χ0v) is 17.5. The second kappa shape index (κ2) is 11.6. The molecule has 0 saturated carbocycles. The van der Waals surface area contributed by atoms with Crippen LogP contribution >= 0.6 is 0 Å². The zero-order valence-electron chi connectivity index (χ0n) is 17.5. The topological polar surface area (TPSA) is 81.7 Å². The summed E-state index contributed by atoms with van der Waals surface area (Å²) in [6.45, 7) is 5.13. The molecule has 1 unspecified atom stereocenters. The number of rotatable bonds is 10. The highest BCUT2D eigenvalue weighted by Crippen LogP contribution is 2.19. The number of carbonyl (C=O) groups is 3. The van der Waals surface area contributed by atoms with Crippen LogP contribution in [0.3, 0.4) is 0 Å². The third-order valence-corrected chi connectivity index (χ3v) is 4.44. The zero-order chi connectivity index (χ0) is 21.9. The van der Waals surface area contributed by atoms with Crippen molar-refractivity contribution in [2.24, 2.45) is 5.92 Å². The van der Waals surface area contributed by atoms with E-state index in [2.05, 4.69) is 5.32 Å². The Morgan fingerprint density at radius 1 is 0.900 bits per heavy atom. The smallest absolute Gasteiger partial charge is 0.343 e. The van der Waals surface area contributed by atoms with Crippen LogP contribution in [0.25, 0.3) is 0 Å². The average Bonchev–Trinajstić information content (AvgIpc) is 2.75. The number of Topliss-reactive ketones (excluding diaryl/α,β-unsaturated/α-hetero) is 1. The van der Waals surface area contributed by atoms with Crippen molar-refractivity contribution < 1.29 is 23.9 Å². The van der Waals surface area contributed by atoms with E-state index in [9.17, 15) is 14.4 Å². The SMILES string of the molecule is CCOC(=O)C(C)C(NCc1ccccc1)=C(C(C)=O)C(=O)OCc1ccccc1. The minimum Gasteiger partial charge on any atom is -0.465 e. The van der Waals surface area contributed by atoms with E-state index in [1.54, 1.807) is 13.8 Å². The predicted molar refractivity (Wildman–Crippen MR) is 113 cm³/mol. The first-order valence-electron chi connectivity index (χ1n) is 9.84. The van der Waals surface area contributed by atoms with E-state index >= 15 is 0 Å². The Kier molecular flexibility index (Phi) is 8.81. The van der Waals surface area contributed by atoms with Crippen molar-refractivity contribution in [2.45, 2.75) is 33.9 Å². The van der Waals surface area contributed by atoms with Gasteiger partial charge in [0.15, 0.2) is 5.78 Å². The Balaban J connectivity index is 2.32. The highest BCUT2D eigenvalue weighted by atomic mass is 16.5. The fourth-order valence-electron chi connectivity index (χ4n) is 2.87. The largest absolute Gasteiger partial charge is 0.465 e. The Morgan fingerprint density at radius 3 is 2.00 bits per heavy atom. The summed E-state index contributed by atoms with van der Waals surface area (Å²) in [6.07, 6.45) is 0. The molecule has 0 radical (unpaired) electrons. The molecular formula is C24H27NO5. The summed E-state index contributed by atoms with van der Waals surface area (Å²) in [7, 11) is 0. The quantitative estimate of drug-likeness (QED) is 0.280. The molecule has 0 spiro atoms. The van der Waals surface area contributed by atoms with Crippen LogP contribution in [0.15, 0.2) is 71.9 Å². The summed E-state index contributed by atoms with van der Waals surface area (Å²) in [5.74, 6) is -2.63. The van der Waals surface area contributed by atoms with Crippen molar-refractivity contribution in [3.63, 3.8) is 0 Å². The molecule has 0 aliphatic carbocycles. The van der Waals surface area contributed by atoms with Crippen molar-refractivity contribution in [3.8, 4) is 0 Å². The van der Waals surface area contributed by atoms with Gasteiger partial charge in [0.1, 0.15) is 12.2 Å². The first-order valence-corrected chi connectivity index (χ1v) is 9.84. The van der Waals surface area contributed by atoms with E-state index in [4.69, 9.17) is 9.47 Å². The monoisotopic (exact) mass is 409 g/mol. The fraction of sp³-hybridized carbons (Fsp3) is 0.292. The molecule has 2 aromatic carbocycles. The normalized spacial score (nSPS) is 12.4. The van der Waals surface area contributed by atoms with Crippen molar-refractivity contribution in [2.75, 3.05) is 6.61 Å². The number of ketones is 1. The van der Waals surface area contributed by atoms with Crippen LogP contribution in [0.1, 0.15) is 31.9 Å². The molecule has 0 amide bonds. The highest BCUT2D eigenvalue weighted by molar-refractivity contribution is 6.17. The number of ether oxygens (including phenoxy) is 2. The Morgan fingerprint density at radius 2 is 1.47 bits per heavy atom. The van der Waals surface area contributed by atoms with Gasteiger partial charge in [-0.2, -0.15) is 0 Å². The molecule has 0 aromatic heterocycles. The second-order valence-electron chi connectivity index (χ2n) is 6.72. The lowest BCUT2D eigenvalue weighted by atomic mass is 9.99. The molecule has 30 heavy (non-hydrogen) atoms. The van der Waals surface area contributed by atoms with Crippen LogP contribution in [0.4, 0.5) is 0 Å². The van der Waals surface area contributed by atoms with E-state index in [-0.39, 0.29) is 24.5 Å². The molecule has 0 aliphatic heterocycles. The summed E-state index contributed by atoms with van der Waals surface area (Å²) in [5.41, 5.74) is 1.75. The number of hydrogen-bond acceptors (Lipinski definition) is 6. The number of nitrogens with one attached hydrogen (secondary N) is 1. The van der Waals surface area contributed by atoms with E-state index in [1.165, 1.54) is 6.92 Å². The molecule has 0 saturated heterocycles. The lowest BCUT2D eigenvalue weighted by molar-refractivity contribution is -0.146. The molecule has 2 aromatic rings. The fourth-order valence-corrected chi connectivity index (χ4v) is 2.87. The van der Waals surface area contributed by atoms with E-state index in [0.717, 1.165) is 11.1 Å². The maximum absolute atomic E-state index is 12.8. The Hall–Kier alpha value is -3.41. The first-order chi connectivity index (χ1) is 14.4. The summed E-state index contributed by atoms with van der Waals surface area (Å²) in [4.78, 5) is 37.6. The molecule has 1 atom stereocenters. The van der Waals surface area contributed by atoms with Gasteiger partial charge in [-0.1, -0.05) is 60.7 Å². The standard InChI is InChI=1S/C24H27NO5/c1-4-29-23(27)17(2)22(25-15-19-11-7-5-8-12-19)21(18(3)26)24(28)30-16-20-13-9-6-10-14-20/h5-14,17,25H,4,15-16H2,1-3H3. The first kappa shape index (κ1) is 22.9. The van der Waals surface area contributed by atoms with Gasteiger partial charge in [0.2, 0.25) is 0 Å². The maximum Gasteiger partial charge on any atom is 0.343 e. The molecular weight excluding hydrogens is 382 g/mol.